The number of nitrogens with zero attached hydrogens (tertiary/aromatic N) is 1. The van der Waals surface area contributed by atoms with Crippen LogP contribution in [0, 0.1) is 23.0 Å². The number of nitrogens with two attached hydrogens (primary N) is 1. The quantitative estimate of drug-likeness (QED) is 0.649. The average molecular weight is 342 g/mol. The second-order valence-electron chi connectivity index (χ2n) is 6.16. The third-order valence-electron chi connectivity index (χ3n) is 4.37. The molecule has 0 heterocycles. The van der Waals surface area contributed by atoms with Crippen molar-refractivity contribution in [3.8, 4) is 0 Å². The van der Waals surface area contributed by atoms with Gasteiger partial charge in [-0.15, -0.1) is 12.4 Å². The fourth-order valence-electron chi connectivity index (χ4n) is 2.97. The van der Waals surface area contributed by atoms with Gasteiger partial charge in [0.1, 0.15) is 0 Å². The molecule has 1 fully saturated rings. The molecule has 1 aliphatic carbocycles. The Morgan fingerprint density at radius 1 is 1.43 bits per heavy atom. The number of carbonyl (C=O) groups excluding carboxylic acids is 1. The van der Waals surface area contributed by atoms with Crippen molar-refractivity contribution in [2.24, 2.45) is 11.7 Å². The molecule has 1 aromatic carbocycles. The Morgan fingerprint density at radius 2 is 2.13 bits per heavy atom. The maximum absolute atomic E-state index is 12.3. The number of amides is 1. The van der Waals surface area contributed by atoms with Crippen molar-refractivity contribution in [3.05, 3.63) is 39.4 Å². The van der Waals surface area contributed by atoms with Gasteiger partial charge in [0.2, 0.25) is 5.91 Å². The van der Waals surface area contributed by atoms with Crippen molar-refractivity contribution in [3.63, 3.8) is 0 Å². The van der Waals surface area contributed by atoms with Gasteiger partial charge in [-0.2, -0.15) is 0 Å². The molecule has 1 saturated carbocycles. The third kappa shape index (κ3) is 4.91. The zero-order valence-corrected chi connectivity index (χ0v) is 14.3. The normalized spacial score (nSPS) is 21.9. The van der Waals surface area contributed by atoms with E-state index >= 15 is 0 Å². The molecule has 6 nitrogen and oxygen atoms in total. The van der Waals surface area contributed by atoms with E-state index in [9.17, 15) is 14.9 Å². The predicted molar refractivity (Wildman–Crippen MR) is 91.6 cm³/mol. The van der Waals surface area contributed by atoms with Crippen LogP contribution in [0.25, 0.3) is 0 Å². The lowest BCUT2D eigenvalue weighted by molar-refractivity contribution is -0.385. The number of hydrogen-bond acceptors (Lipinski definition) is 4. The number of aryl methyl sites for hydroxylation is 1. The molecule has 0 spiro atoms. The van der Waals surface area contributed by atoms with Crippen molar-refractivity contribution >= 4 is 24.0 Å². The van der Waals surface area contributed by atoms with Crippen LogP contribution in [0.5, 0.6) is 0 Å². The van der Waals surface area contributed by atoms with Crippen LogP contribution in [-0.4, -0.2) is 16.9 Å². The number of rotatable bonds is 4. The second kappa shape index (κ2) is 8.26. The molecule has 0 radical (unpaired) electrons. The molecule has 3 unspecified atom stereocenters. The van der Waals surface area contributed by atoms with Crippen molar-refractivity contribution in [2.45, 2.75) is 51.6 Å². The molecule has 7 heteroatoms. The van der Waals surface area contributed by atoms with Gasteiger partial charge < -0.3 is 11.1 Å². The standard InChI is InChI=1S/C16H23N3O3.ClH/c1-10-6-7-12(9-15(10)19(21)22)11(2)18-16(20)13-4-3-5-14(17)8-13;/h6-7,9,11,13-14H,3-5,8,17H2,1-2H3,(H,18,20);1H. The highest BCUT2D eigenvalue weighted by Crippen LogP contribution is 2.26. The summed E-state index contributed by atoms with van der Waals surface area (Å²) in [5.74, 6) is -0.0579. The minimum atomic E-state index is -0.395. The van der Waals surface area contributed by atoms with Crippen molar-refractivity contribution in [1.82, 2.24) is 5.32 Å². The van der Waals surface area contributed by atoms with Crippen LogP contribution in [-0.2, 0) is 4.79 Å². The second-order valence-corrected chi connectivity index (χ2v) is 6.16. The Labute approximate surface area is 142 Å². The largest absolute Gasteiger partial charge is 0.349 e. The molecule has 23 heavy (non-hydrogen) atoms. The van der Waals surface area contributed by atoms with Crippen LogP contribution in [0.1, 0.15) is 49.8 Å². The summed E-state index contributed by atoms with van der Waals surface area (Å²) in [7, 11) is 0. The van der Waals surface area contributed by atoms with Crippen LogP contribution in [0.15, 0.2) is 18.2 Å². The van der Waals surface area contributed by atoms with Crippen molar-refractivity contribution in [1.29, 1.82) is 0 Å². The number of halogens is 1. The highest BCUT2D eigenvalue weighted by molar-refractivity contribution is 5.85. The molecule has 0 saturated heterocycles. The van der Waals surface area contributed by atoms with Crippen molar-refractivity contribution < 1.29 is 9.72 Å². The van der Waals surface area contributed by atoms with E-state index in [1.54, 1.807) is 13.0 Å². The zero-order valence-electron chi connectivity index (χ0n) is 13.5. The Kier molecular flexibility index (Phi) is 6.97. The lowest BCUT2D eigenvalue weighted by Crippen LogP contribution is -2.38. The van der Waals surface area contributed by atoms with Crippen LogP contribution in [0.3, 0.4) is 0 Å². The molecule has 0 aromatic heterocycles. The first-order valence-electron chi connectivity index (χ1n) is 7.69. The highest BCUT2D eigenvalue weighted by atomic mass is 35.5. The van der Waals surface area contributed by atoms with Crippen LogP contribution in [0.4, 0.5) is 5.69 Å². The number of hydrogen-bond donors (Lipinski definition) is 2. The minimum absolute atomic E-state index is 0. The average Bonchev–Trinajstić information content (AvgIpc) is 2.47. The maximum atomic E-state index is 12.3. The van der Waals surface area contributed by atoms with E-state index in [-0.39, 0.29) is 42.0 Å². The molecule has 1 aromatic rings. The van der Waals surface area contributed by atoms with Gasteiger partial charge in [-0.3, -0.25) is 14.9 Å². The summed E-state index contributed by atoms with van der Waals surface area (Å²) in [5, 5.41) is 14.0. The summed E-state index contributed by atoms with van der Waals surface area (Å²) in [6, 6.07) is 4.91. The van der Waals surface area contributed by atoms with Gasteiger partial charge in [0.25, 0.3) is 5.69 Å². The highest BCUT2D eigenvalue weighted by Gasteiger charge is 2.26. The molecule has 2 rings (SSSR count). The molecule has 0 aliphatic heterocycles. The zero-order chi connectivity index (χ0) is 16.3. The first kappa shape index (κ1) is 19.4. The molecule has 3 atom stereocenters. The van der Waals surface area contributed by atoms with E-state index in [0.717, 1.165) is 24.8 Å². The summed E-state index contributed by atoms with van der Waals surface area (Å²) < 4.78 is 0. The van der Waals surface area contributed by atoms with Gasteiger partial charge in [-0.05, 0) is 38.7 Å². The first-order chi connectivity index (χ1) is 10.4. The predicted octanol–water partition coefficient (Wildman–Crippen LogP) is 3.02. The number of nitrogens with one attached hydrogen (secondary N) is 1. The van der Waals surface area contributed by atoms with E-state index < -0.39 is 4.92 Å². The molecular formula is C16H24ClN3O3. The summed E-state index contributed by atoms with van der Waals surface area (Å²) >= 11 is 0. The van der Waals surface area contributed by atoms with E-state index in [1.807, 2.05) is 13.0 Å². The van der Waals surface area contributed by atoms with E-state index in [0.29, 0.717) is 12.0 Å². The summed E-state index contributed by atoms with van der Waals surface area (Å²) in [6.07, 6.45) is 3.53. The number of nitro benzene ring substituents is 1. The Bertz CT molecular complexity index is 580. The van der Waals surface area contributed by atoms with Gasteiger partial charge in [-0.25, -0.2) is 0 Å². The molecular weight excluding hydrogens is 318 g/mol. The molecule has 3 N–H and O–H groups in total. The van der Waals surface area contributed by atoms with Gasteiger partial charge in [0.15, 0.2) is 0 Å². The van der Waals surface area contributed by atoms with Gasteiger partial charge in [-0.1, -0.05) is 18.6 Å². The number of nitro groups is 1. The molecule has 128 valence electrons. The van der Waals surface area contributed by atoms with Crippen molar-refractivity contribution in [2.75, 3.05) is 0 Å². The lowest BCUT2D eigenvalue weighted by atomic mass is 9.85. The summed E-state index contributed by atoms with van der Waals surface area (Å²) in [4.78, 5) is 22.9. The number of benzene rings is 1. The fraction of sp³-hybridized carbons (Fsp3) is 0.562. The van der Waals surface area contributed by atoms with E-state index in [4.69, 9.17) is 5.73 Å². The van der Waals surface area contributed by atoms with E-state index in [1.165, 1.54) is 6.07 Å². The SMILES string of the molecule is Cc1ccc(C(C)NC(=O)C2CCCC(N)C2)cc1[N+](=O)[O-].Cl. The third-order valence-corrected chi connectivity index (χ3v) is 4.37. The Balaban J connectivity index is 0.00000264. The monoisotopic (exact) mass is 341 g/mol. The Morgan fingerprint density at radius 3 is 2.74 bits per heavy atom. The first-order valence-corrected chi connectivity index (χ1v) is 7.69. The molecule has 0 bridgehead atoms. The smallest absolute Gasteiger partial charge is 0.272 e. The topological polar surface area (TPSA) is 98.3 Å². The summed E-state index contributed by atoms with van der Waals surface area (Å²) in [6.45, 7) is 3.55. The van der Waals surface area contributed by atoms with Crippen LogP contribution in [0.2, 0.25) is 0 Å². The van der Waals surface area contributed by atoms with Gasteiger partial charge in [0, 0.05) is 23.6 Å². The van der Waals surface area contributed by atoms with Crippen LogP contribution < -0.4 is 11.1 Å². The van der Waals surface area contributed by atoms with Gasteiger partial charge >= 0.3 is 0 Å². The molecule has 1 amide bonds. The maximum Gasteiger partial charge on any atom is 0.272 e. The number of carbonyl (C=O) groups is 1. The van der Waals surface area contributed by atoms with E-state index in [2.05, 4.69) is 5.32 Å². The minimum Gasteiger partial charge on any atom is -0.349 e. The summed E-state index contributed by atoms with van der Waals surface area (Å²) in [5.41, 5.74) is 7.36. The molecule has 1 aliphatic rings. The lowest BCUT2D eigenvalue weighted by Gasteiger charge is -2.27. The fourth-order valence-corrected chi connectivity index (χ4v) is 2.97. The van der Waals surface area contributed by atoms with Gasteiger partial charge in [0.05, 0.1) is 11.0 Å². The van der Waals surface area contributed by atoms with Crippen LogP contribution >= 0.6 is 12.4 Å². The Hall–Kier alpha value is -1.66.